The summed E-state index contributed by atoms with van der Waals surface area (Å²) < 4.78 is 10.4. The van der Waals surface area contributed by atoms with Crippen LogP contribution in [0.5, 0.6) is 0 Å². The van der Waals surface area contributed by atoms with Gasteiger partial charge in [-0.15, -0.1) is 0 Å². The zero-order valence-electron chi connectivity index (χ0n) is 13.4. The molecule has 0 aromatic heterocycles. The van der Waals surface area contributed by atoms with Crippen molar-refractivity contribution >= 4 is 5.97 Å². The van der Waals surface area contributed by atoms with Gasteiger partial charge in [0.05, 0.1) is 33.0 Å². The predicted octanol–water partition coefficient (Wildman–Crippen LogP) is 0.439. The molecule has 0 spiro atoms. The molecule has 0 aromatic rings. The smallest absolute Gasteiger partial charge is 0.319 e. The monoisotopic (exact) mass is 335 g/mol. The van der Waals surface area contributed by atoms with E-state index in [1.165, 1.54) is 0 Å². The number of ether oxygens (including phenoxy) is 2. The highest BCUT2D eigenvalue weighted by molar-refractivity contribution is 5.68. The lowest BCUT2D eigenvalue weighted by Crippen LogP contribution is -2.42. The van der Waals surface area contributed by atoms with Gasteiger partial charge in [0, 0.05) is 11.5 Å². The lowest BCUT2D eigenvalue weighted by atomic mass is 10.2. The fraction of sp³-hybridized carbons (Fsp3) is 0.917. The summed E-state index contributed by atoms with van der Waals surface area (Å²) in [6, 6.07) is 0. The van der Waals surface area contributed by atoms with E-state index < -0.39 is 12.2 Å². The van der Waals surface area contributed by atoms with Gasteiger partial charge in [0.2, 0.25) is 0 Å². The van der Waals surface area contributed by atoms with Gasteiger partial charge in [0.1, 0.15) is 6.54 Å². The molecule has 0 aliphatic carbocycles. The number of hydrogen-bond acceptors (Lipinski definition) is 8. The molecule has 0 aromatic carbocycles. The summed E-state index contributed by atoms with van der Waals surface area (Å²) in [5.74, 6) is -0.940. The first-order valence-electron chi connectivity index (χ1n) is 7.22. The van der Waals surface area contributed by atoms with E-state index in [1.54, 1.807) is 0 Å². The quantitative estimate of drug-likeness (QED) is 0.0919. The number of nitrogens with one attached hydrogen (secondary N) is 2. The van der Waals surface area contributed by atoms with Crippen molar-refractivity contribution in [1.82, 2.24) is 11.0 Å². The van der Waals surface area contributed by atoms with Crippen LogP contribution in [-0.2, 0) is 23.9 Å². The average molecular weight is 335 g/mol. The normalized spacial score (nSPS) is 12.1. The van der Waals surface area contributed by atoms with Crippen LogP contribution in [0, 0.1) is 5.92 Å². The number of carbonyl (C=O) groups is 1. The van der Waals surface area contributed by atoms with Crippen molar-refractivity contribution in [3.8, 4) is 0 Å². The van der Waals surface area contributed by atoms with E-state index in [-0.39, 0.29) is 12.5 Å². The van der Waals surface area contributed by atoms with E-state index in [2.05, 4.69) is 21.0 Å². The first-order valence-corrected chi connectivity index (χ1v) is 7.22. The van der Waals surface area contributed by atoms with Gasteiger partial charge in [-0.3, -0.25) is 14.5 Å². The number of carboxylic acid groups (broad SMARTS) is 1. The van der Waals surface area contributed by atoms with Crippen molar-refractivity contribution in [2.45, 2.75) is 20.1 Å². The molecule has 11 heteroatoms. The van der Waals surface area contributed by atoms with Crippen molar-refractivity contribution in [2.75, 3.05) is 46.1 Å². The average Bonchev–Trinajstić information content (AvgIpc) is 2.50. The molecule has 0 unspecified atom stereocenters. The molecular formula is C12H25N5O6. The van der Waals surface area contributed by atoms with Crippen molar-refractivity contribution in [2.24, 2.45) is 11.0 Å². The van der Waals surface area contributed by atoms with Gasteiger partial charge in [-0.05, 0) is 11.4 Å². The topological polar surface area (TPSA) is 147 Å². The van der Waals surface area contributed by atoms with E-state index >= 15 is 0 Å². The number of carboxylic acids is 1. The Morgan fingerprint density at radius 2 is 1.87 bits per heavy atom. The molecule has 0 rings (SSSR count). The minimum Gasteiger partial charge on any atom is -0.480 e. The standard InChI is InChI=1S/C12H25N5O6/c1-10(2)12(23-15-9-11(18)19)16-22-8-7-21-6-5-20-4-3-14-17-13/h10,12,15-16H,3-9H2,1-2H3,(H,18,19)/t12-/m0/s1. The second-order valence-electron chi connectivity index (χ2n) is 4.64. The predicted molar refractivity (Wildman–Crippen MR) is 80.1 cm³/mol. The van der Waals surface area contributed by atoms with Crippen LogP contribution in [0.1, 0.15) is 13.8 Å². The van der Waals surface area contributed by atoms with Crippen molar-refractivity contribution < 1.29 is 29.0 Å². The highest BCUT2D eigenvalue weighted by Crippen LogP contribution is 2.01. The van der Waals surface area contributed by atoms with Gasteiger partial charge >= 0.3 is 5.97 Å². The molecule has 3 N–H and O–H groups in total. The van der Waals surface area contributed by atoms with E-state index in [1.807, 2.05) is 13.8 Å². The van der Waals surface area contributed by atoms with E-state index in [0.29, 0.717) is 39.6 Å². The Kier molecular flexibility index (Phi) is 14.5. The molecule has 0 heterocycles. The molecule has 1 atom stereocenters. The van der Waals surface area contributed by atoms with Gasteiger partial charge in [0.25, 0.3) is 0 Å². The largest absolute Gasteiger partial charge is 0.480 e. The van der Waals surface area contributed by atoms with Crippen molar-refractivity contribution in [1.29, 1.82) is 0 Å². The minimum absolute atomic E-state index is 0.0710. The summed E-state index contributed by atoms with van der Waals surface area (Å²) in [5.41, 5.74) is 13.1. The maximum Gasteiger partial charge on any atom is 0.319 e. The Hall–Kier alpha value is -1.46. The Labute approximate surface area is 134 Å². The Morgan fingerprint density at radius 1 is 1.22 bits per heavy atom. The summed E-state index contributed by atoms with van der Waals surface area (Å²) in [5, 5.41) is 11.8. The van der Waals surface area contributed by atoms with Gasteiger partial charge < -0.3 is 14.6 Å². The molecule has 0 fully saturated rings. The molecule has 0 aliphatic rings. The van der Waals surface area contributed by atoms with Crippen molar-refractivity contribution in [3.63, 3.8) is 0 Å². The summed E-state index contributed by atoms with van der Waals surface area (Å²) in [4.78, 5) is 23.3. The van der Waals surface area contributed by atoms with E-state index in [9.17, 15) is 4.79 Å². The third-order valence-corrected chi connectivity index (χ3v) is 2.34. The number of azide groups is 1. The third kappa shape index (κ3) is 15.2. The Bertz CT molecular complexity index is 351. The number of rotatable bonds is 16. The molecule has 11 nitrogen and oxygen atoms in total. The Morgan fingerprint density at radius 3 is 2.48 bits per heavy atom. The third-order valence-electron chi connectivity index (χ3n) is 2.34. The van der Waals surface area contributed by atoms with Gasteiger partial charge in [-0.25, -0.2) is 0 Å². The van der Waals surface area contributed by atoms with E-state index in [0.717, 1.165) is 0 Å². The molecule has 134 valence electrons. The first kappa shape index (κ1) is 21.5. The minimum atomic E-state index is -1.01. The van der Waals surface area contributed by atoms with Crippen LogP contribution in [0.15, 0.2) is 5.11 Å². The van der Waals surface area contributed by atoms with Crippen LogP contribution in [0.3, 0.4) is 0 Å². The second kappa shape index (κ2) is 15.4. The van der Waals surface area contributed by atoms with Gasteiger partial charge in [-0.1, -0.05) is 19.0 Å². The van der Waals surface area contributed by atoms with Crippen LogP contribution >= 0.6 is 0 Å². The van der Waals surface area contributed by atoms with Crippen LogP contribution in [0.25, 0.3) is 10.4 Å². The second-order valence-corrected chi connectivity index (χ2v) is 4.64. The molecule has 0 bridgehead atoms. The number of hydroxylamine groups is 2. The maximum absolute atomic E-state index is 10.4. The zero-order valence-corrected chi connectivity index (χ0v) is 13.4. The number of hydrogen-bond donors (Lipinski definition) is 3. The SMILES string of the molecule is CC(C)[C@@H](NOCCOCCOCCN=[N+]=[N-])ONCC(=O)O. The van der Waals surface area contributed by atoms with Gasteiger partial charge in [0.15, 0.2) is 6.23 Å². The lowest BCUT2D eigenvalue weighted by Gasteiger charge is -2.21. The molecule has 0 radical (unpaired) electrons. The van der Waals surface area contributed by atoms with Crippen LogP contribution < -0.4 is 11.0 Å². The van der Waals surface area contributed by atoms with Crippen LogP contribution in [0.2, 0.25) is 0 Å². The molecule has 23 heavy (non-hydrogen) atoms. The zero-order chi connectivity index (χ0) is 17.3. The highest BCUT2D eigenvalue weighted by atomic mass is 16.7. The molecule has 0 aliphatic heterocycles. The molecule has 0 amide bonds. The fourth-order valence-electron chi connectivity index (χ4n) is 1.20. The maximum atomic E-state index is 10.4. The van der Waals surface area contributed by atoms with E-state index in [4.69, 9.17) is 29.8 Å². The highest BCUT2D eigenvalue weighted by Gasteiger charge is 2.14. The fourth-order valence-corrected chi connectivity index (χ4v) is 1.20. The molecular weight excluding hydrogens is 310 g/mol. The Balaban J connectivity index is 3.48. The first-order chi connectivity index (χ1) is 11.1. The van der Waals surface area contributed by atoms with Gasteiger partial charge in [-0.2, -0.15) is 11.0 Å². The molecule has 0 saturated heterocycles. The van der Waals surface area contributed by atoms with Crippen LogP contribution in [0.4, 0.5) is 0 Å². The lowest BCUT2D eigenvalue weighted by molar-refractivity contribution is -0.159. The number of aliphatic carboxylic acids is 1. The number of nitrogens with zero attached hydrogens (tertiary/aromatic N) is 3. The summed E-state index contributed by atoms with van der Waals surface area (Å²) in [6.45, 7) is 5.63. The summed E-state index contributed by atoms with van der Waals surface area (Å²) in [6.07, 6.45) is -0.488. The summed E-state index contributed by atoms with van der Waals surface area (Å²) >= 11 is 0. The molecule has 0 saturated carbocycles. The van der Waals surface area contributed by atoms with Crippen molar-refractivity contribution in [3.05, 3.63) is 10.4 Å². The summed E-state index contributed by atoms with van der Waals surface area (Å²) in [7, 11) is 0. The van der Waals surface area contributed by atoms with Crippen LogP contribution in [-0.4, -0.2) is 63.4 Å².